The van der Waals surface area contributed by atoms with Gasteiger partial charge < -0.3 is 14.3 Å². The summed E-state index contributed by atoms with van der Waals surface area (Å²) in [5.74, 6) is 0.856. The third kappa shape index (κ3) is 3.51. The summed E-state index contributed by atoms with van der Waals surface area (Å²) in [6.07, 6.45) is 5.31. The summed E-state index contributed by atoms with van der Waals surface area (Å²) in [6, 6.07) is 9.33. The van der Waals surface area contributed by atoms with E-state index in [-0.39, 0.29) is 11.9 Å². The van der Waals surface area contributed by atoms with Crippen LogP contribution in [0, 0.1) is 13.8 Å². The van der Waals surface area contributed by atoms with E-state index in [1.54, 1.807) is 12.5 Å². The molecule has 0 saturated carbocycles. The molecule has 1 amide bonds. The third-order valence-electron chi connectivity index (χ3n) is 3.84. The summed E-state index contributed by atoms with van der Waals surface area (Å²) in [5, 5.41) is 3.62. The lowest BCUT2D eigenvalue weighted by Crippen LogP contribution is -2.31. The highest BCUT2D eigenvalue weighted by molar-refractivity contribution is 6.30. The van der Waals surface area contributed by atoms with Gasteiger partial charge in [-0.1, -0.05) is 23.7 Å². The number of hydrogen-bond acceptors (Lipinski definition) is 3. The lowest BCUT2D eigenvalue weighted by atomic mass is 10.1. The van der Waals surface area contributed by atoms with Crippen molar-refractivity contribution in [2.45, 2.75) is 19.9 Å². The SMILES string of the molecule is Cc1cc(C)c(C(=O)NCC(c2ccc(Cl)cc2)n2ccnc2)o1. The molecule has 6 heteroatoms. The minimum absolute atomic E-state index is 0.0786. The smallest absolute Gasteiger partial charge is 0.287 e. The van der Waals surface area contributed by atoms with Crippen LogP contribution in [0.4, 0.5) is 0 Å². The molecule has 3 aromatic rings. The lowest BCUT2D eigenvalue weighted by Gasteiger charge is -2.19. The van der Waals surface area contributed by atoms with E-state index >= 15 is 0 Å². The summed E-state index contributed by atoms with van der Waals surface area (Å²) in [5.41, 5.74) is 1.86. The Morgan fingerprint density at radius 1 is 1.33 bits per heavy atom. The quantitative estimate of drug-likeness (QED) is 0.767. The van der Waals surface area contributed by atoms with Gasteiger partial charge in [0.25, 0.3) is 5.91 Å². The van der Waals surface area contributed by atoms with Crippen LogP contribution in [0.15, 0.2) is 53.5 Å². The molecule has 0 radical (unpaired) electrons. The zero-order chi connectivity index (χ0) is 17.1. The summed E-state index contributed by atoms with van der Waals surface area (Å²) in [4.78, 5) is 16.5. The minimum atomic E-state index is -0.223. The Morgan fingerprint density at radius 2 is 2.08 bits per heavy atom. The number of benzene rings is 1. The number of carbonyl (C=O) groups excluding carboxylic acids is 1. The summed E-state index contributed by atoms with van der Waals surface area (Å²) >= 11 is 5.97. The van der Waals surface area contributed by atoms with Crippen molar-refractivity contribution in [3.8, 4) is 0 Å². The van der Waals surface area contributed by atoms with Gasteiger partial charge in [0, 0.05) is 29.5 Å². The molecule has 24 heavy (non-hydrogen) atoms. The van der Waals surface area contributed by atoms with Crippen LogP contribution < -0.4 is 5.32 Å². The number of furan rings is 1. The van der Waals surface area contributed by atoms with Gasteiger partial charge in [-0.2, -0.15) is 0 Å². The van der Waals surface area contributed by atoms with Gasteiger partial charge in [-0.15, -0.1) is 0 Å². The van der Waals surface area contributed by atoms with Crippen LogP contribution in [-0.4, -0.2) is 22.0 Å². The maximum Gasteiger partial charge on any atom is 0.287 e. The van der Waals surface area contributed by atoms with E-state index in [1.165, 1.54) is 0 Å². The average Bonchev–Trinajstić information content (AvgIpc) is 3.19. The molecular weight excluding hydrogens is 326 g/mol. The molecule has 1 atom stereocenters. The number of hydrogen-bond donors (Lipinski definition) is 1. The number of carbonyl (C=O) groups is 1. The summed E-state index contributed by atoms with van der Waals surface area (Å²) in [7, 11) is 0. The number of imidazole rings is 1. The Hall–Kier alpha value is -2.53. The molecule has 5 nitrogen and oxygen atoms in total. The van der Waals surface area contributed by atoms with Crippen molar-refractivity contribution in [2.75, 3.05) is 6.54 Å². The molecule has 2 heterocycles. The number of halogens is 1. The average molecular weight is 344 g/mol. The maximum atomic E-state index is 12.4. The topological polar surface area (TPSA) is 60.1 Å². The van der Waals surface area contributed by atoms with E-state index in [9.17, 15) is 4.79 Å². The zero-order valence-corrected chi connectivity index (χ0v) is 14.2. The van der Waals surface area contributed by atoms with Gasteiger partial charge in [0.15, 0.2) is 5.76 Å². The maximum absolute atomic E-state index is 12.4. The molecule has 1 unspecified atom stereocenters. The Morgan fingerprint density at radius 3 is 2.67 bits per heavy atom. The van der Waals surface area contributed by atoms with Crippen molar-refractivity contribution in [2.24, 2.45) is 0 Å². The molecule has 124 valence electrons. The molecule has 3 rings (SSSR count). The van der Waals surface area contributed by atoms with Crippen LogP contribution >= 0.6 is 11.6 Å². The monoisotopic (exact) mass is 343 g/mol. The van der Waals surface area contributed by atoms with Gasteiger partial charge in [-0.25, -0.2) is 4.98 Å². The second-order valence-corrected chi connectivity index (χ2v) is 6.09. The second kappa shape index (κ2) is 6.93. The molecular formula is C18H18ClN3O2. The van der Waals surface area contributed by atoms with Crippen LogP contribution in [0.2, 0.25) is 5.02 Å². The van der Waals surface area contributed by atoms with Crippen LogP contribution in [0.5, 0.6) is 0 Å². The standard InChI is InChI=1S/C18H18ClN3O2/c1-12-9-13(2)24-17(12)18(23)21-10-16(22-8-7-20-11-22)14-3-5-15(19)6-4-14/h3-9,11,16H,10H2,1-2H3,(H,21,23). The van der Waals surface area contributed by atoms with E-state index in [4.69, 9.17) is 16.0 Å². The number of aryl methyl sites for hydroxylation is 2. The molecule has 1 aromatic carbocycles. The first-order valence-electron chi connectivity index (χ1n) is 7.62. The largest absolute Gasteiger partial charge is 0.456 e. The summed E-state index contributed by atoms with van der Waals surface area (Å²) < 4.78 is 7.42. The van der Waals surface area contributed by atoms with Crippen molar-refractivity contribution < 1.29 is 9.21 Å². The highest BCUT2D eigenvalue weighted by Gasteiger charge is 2.18. The molecule has 0 fully saturated rings. The van der Waals surface area contributed by atoms with Gasteiger partial charge in [-0.05, 0) is 37.6 Å². The molecule has 0 saturated heterocycles. The lowest BCUT2D eigenvalue weighted by molar-refractivity contribution is 0.0920. The number of nitrogens with zero attached hydrogens (tertiary/aromatic N) is 2. The molecule has 0 bridgehead atoms. The van der Waals surface area contributed by atoms with Gasteiger partial charge in [-0.3, -0.25) is 4.79 Å². The molecule has 0 aliphatic carbocycles. The number of amides is 1. The highest BCUT2D eigenvalue weighted by atomic mass is 35.5. The van der Waals surface area contributed by atoms with Crippen molar-refractivity contribution in [3.05, 3.63) is 76.7 Å². The van der Waals surface area contributed by atoms with Crippen molar-refractivity contribution >= 4 is 17.5 Å². The fourth-order valence-corrected chi connectivity index (χ4v) is 2.80. The Bertz CT molecular complexity index is 823. The van der Waals surface area contributed by atoms with Crippen molar-refractivity contribution in [3.63, 3.8) is 0 Å². The fraction of sp³-hybridized carbons (Fsp3) is 0.222. The van der Waals surface area contributed by atoms with Crippen molar-refractivity contribution in [1.29, 1.82) is 0 Å². The number of rotatable bonds is 5. The number of aromatic nitrogens is 2. The van der Waals surface area contributed by atoms with Crippen LogP contribution in [0.25, 0.3) is 0 Å². The Balaban J connectivity index is 1.79. The number of nitrogens with one attached hydrogen (secondary N) is 1. The van der Waals surface area contributed by atoms with E-state index in [2.05, 4.69) is 10.3 Å². The fourth-order valence-electron chi connectivity index (χ4n) is 2.67. The normalized spacial score (nSPS) is 12.1. The molecule has 0 spiro atoms. The van der Waals surface area contributed by atoms with Gasteiger partial charge in [0.1, 0.15) is 5.76 Å². The van der Waals surface area contributed by atoms with Gasteiger partial charge >= 0.3 is 0 Å². The Labute approximate surface area is 145 Å². The van der Waals surface area contributed by atoms with E-state index in [1.807, 2.05) is 54.9 Å². The first-order valence-corrected chi connectivity index (χ1v) is 8.00. The third-order valence-corrected chi connectivity index (χ3v) is 4.09. The minimum Gasteiger partial charge on any atom is -0.456 e. The first-order chi connectivity index (χ1) is 11.5. The zero-order valence-electron chi connectivity index (χ0n) is 13.5. The Kier molecular flexibility index (Phi) is 4.71. The predicted molar refractivity (Wildman–Crippen MR) is 92.3 cm³/mol. The van der Waals surface area contributed by atoms with Gasteiger partial charge in [0.05, 0.1) is 12.4 Å². The van der Waals surface area contributed by atoms with E-state index < -0.39 is 0 Å². The van der Waals surface area contributed by atoms with Crippen LogP contribution in [-0.2, 0) is 0 Å². The molecule has 0 aliphatic rings. The van der Waals surface area contributed by atoms with Crippen LogP contribution in [0.1, 0.15) is 33.5 Å². The second-order valence-electron chi connectivity index (χ2n) is 5.66. The van der Waals surface area contributed by atoms with E-state index in [0.717, 1.165) is 16.9 Å². The molecule has 2 aromatic heterocycles. The first kappa shape index (κ1) is 16.3. The predicted octanol–water partition coefficient (Wildman–Crippen LogP) is 3.77. The molecule has 1 N–H and O–H groups in total. The van der Waals surface area contributed by atoms with Crippen molar-refractivity contribution in [1.82, 2.24) is 14.9 Å². The molecule has 0 aliphatic heterocycles. The van der Waals surface area contributed by atoms with Crippen LogP contribution in [0.3, 0.4) is 0 Å². The van der Waals surface area contributed by atoms with Gasteiger partial charge in [0.2, 0.25) is 0 Å². The van der Waals surface area contributed by atoms with E-state index in [0.29, 0.717) is 17.3 Å². The summed E-state index contributed by atoms with van der Waals surface area (Å²) in [6.45, 7) is 4.10. The highest BCUT2D eigenvalue weighted by Crippen LogP contribution is 2.20.